The maximum Gasteiger partial charge on any atom is 0.411 e. The van der Waals surface area contributed by atoms with Crippen LogP contribution in [-0.2, 0) is 47.7 Å². The number of hydrogen-bond donors (Lipinski definition) is 1. The third-order valence-electron chi connectivity index (χ3n) is 7.21. The second-order valence-electron chi connectivity index (χ2n) is 16.7. The summed E-state index contributed by atoms with van der Waals surface area (Å²) in [7, 11) is 0. The third-order valence-corrected chi connectivity index (χ3v) is 7.21. The van der Waals surface area contributed by atoms with Crippen LogP contribution < -0.4 is 0 Å². The first-order valence-corrected chi connectivity index (χ1v) is 17.4. The van der Waals surface area contributed by atoms with E-state index in [1.54, 1.807) is 90.0 Å². The lowest BCUT2D eigenvalue weighted by atomic mass is 9.88. The highest BCUT2D eigenvalue weighted by Gasteiger charge is 2.43. The van der Waals surface area contributed by atoms with E-state index in [0.717, 1.165) is 0 Å². The molecule has 0 spiro atoms. The lowest BCUT2D eigenvalue weighted by Crippen LogP contribution is -2.54. The van der Waals surface area contributed by atoms with Crippen LogP contribution >= 0.6 is 0 Å². The van der Waals surface area contributed by atoms with Crippen LogP contribution in [0.3, 0.4) is 0 Å². The largest absolute Gasteiger partial charge is 0.481 e. The Bertz CT molecular complexity index is 1270. The first-order chi connectivity index (χ1) is 23.0. The summed E-state index contributed by atoms with van der Waals surface area (Å²) in [5.74, 6) is -4.22. The molecule has 0 saturated carbocycles. The molecule has 2 fully saturated rings. The summed E-state index contributed by atoms with van der Waals surface area (Å²) in [6.07, 6.45) is -0.535. The van der Waals surface area contributed by atoms with Gasteiger partial charge in [0.1, 0.15) is 46.7 Å². The third kappa shape index (κ3) is 16.8. The average Bonchev–Trinajstić information content (AvgIpc) is 2.93. The molecule has 51 heavy (non-hydrogen) atoms. The number of nitrogens with zero attached hydrogens (tertiary/aromatic N) is 2. The van der Waals surface area contributed by atoms with Gasteiger partial charge in [-0.1, -0.05) is 0 Å². The van der Waals surface area contributed by atoms with Gasteiger partial charge in [0, 0.05) is 19.0 Å². The van der Waals surface area contributed by atoms with E-state index in [1.165, 1.54) is 9.80 Å². The van der Waals surface area contributed by atoms with Crippen LogP contribution in [0.1, 0.15) is 122 Å². The van der Waals surface area contributed by atoms with E-state index in [0.29, 0.717) is 12.8 Å². The van der Waals surface area contributed by atoms with Crippen molar-refractivity contribution in [3.8, 4) is 0 Å². The normalized spacial score (nSPS) is 21.3. The van der Waals surface area contributed by atoms with Crippen LogP contribution in [0.25, 0.3) is 0 Å². The molecule has 2 unspecified atom stereocenters. The molecule has 0 aromatic rings. The molecule has 1 N–H and O–H groups in total. The van der Waals surface area contributed by atoms with Gasteiger partial charge in [0.15, 0.2) is 0 Å². The molecule has 292 valence electrons. The second kappa shape index (κ2) is 18.0. The molecule has 15 nitrogen and oxygen atoms in total. The van der Waals surface area contributed by atoms with Gasteiger partial charge < -0.3 is 28.8 Å². The number of carbonyl (C=O) groups excluding carboxylic acids is 6. The Morgan fingerprint density at radius 3 is 1.25 bits per heavy atom. The number of esters is 3. The smallest absolute Gasteiger partial charge is 0.411 e. The van der Waals surface area contributed by atoms with E-state index in [-0.39, 0.29) is 44.7 Å². The lowest BCUT2D eigenvalue weighted by Gasteiger charge is -2.39. The second-order valence-corrected chi connectivity index (χ2v) is 16.7. The number of carboxylic acid groups (broad SMARTS) is 1. The van der Waals surface area contributed by atoms with Crippen molar-refractivity contribution in [3.05, 3.63) is 0 Å². The average molecular weight is 729 g/mol. The zero-order valence-electron chi connectivity index (χ0n) is 32.7. The van der Waals surface area contributed by atoms with Gasteiger partial charge >= 0.3 is 36.1 Å². The first kappa shape index (κ1) is 45.1. The van der Waals surface area contributed by atoms with Crippen molar-refractivity contribution in [2.75, 3.05) is 19.7 Å². The number of carbonyl (C=O) groups is 7. The standard InChI is InChI=1S/C20H33NO7.C16H27NO6/c1-8-26-16(23)11-15(22)13-9-10-14(17(24)27-19(2,3)4)21(12-13)18(25)28-20(5,6)7;1-15(2,3)22-13(20)11-8-7-10(12(18)19)9-17(11)14(21)23-16(4,5)6/h13-14H,8-12H2,1-7H3;10-11H,7-9H2,1-6H3,(H,18,19)/t13-,14?;10-,11?/m00/s1. The fourth-order valence-corrected chi connectivity index (χ4v) is 5.18. The summed E-state index contributed by atoms with van der Waals surface area (Å²) in [4.78, 5) is 87.7. The Balaban J connectivity index is 0.000000520. The van der Waals surface area contributed by atoms with Crippen molar-refractivity contribution < 1.29 is 62.4 Å². The summed E-state index contributed by atoms with van der Waals surface area (Å²) in [6, 6.07) is -1.65. The summed E-state index contributed by atoms with van der Waals surface area (Å²) < 4.78 is 26.3. The highest BCUT2D eigenvalue weighted by molar-refractivity contribution is 5.97. The van der Waals surface area contributed by atoms with Crippen molar-refractivity contribution in [2.45, 2.75) is 157 Å². The molecule has 4 atom stereocenters. The van der Waals surface area contributed by atoms with Crippen LogP contribution in [0.4, 0.5) is 9.59 Å². The number of rotatable bonds is 7. The fraction of sp³-hybridized carbons (Fsp3) is 0.806. The minimum absolute atomic E-state index is 0.00292. The van der Waals surface area contributed by atoms with Gasteiger partial charge in [-0.25, -0.2) is 19.2 Å². The molecule has 2 amide bonds. The van der Waals surface area contributed by atoms with Crippen molar-refractivity contribution in [1.29, 1.82) is 0 Å². The highest BCUT2D eigenvalue weighted by atomic mass is 16.6. The van der Waals surface area contributed by atoms with Crippen molar-refractivity contribution in [3.63, 3.8) is 0 Å². The Labute approximate surface area is 302 Å². The maximum absolute atomic E-state index is 12.7. The molecule has 2 saturated heterocycles. The van der Waals surface area contributed by atoms with Crippen LogP contribution in [-0.4, -0.2) is 111 Å². The van der Waals surface area contributed by atoms with Crippen molar-refractivity contribution in [2.24, 2.45) is 11.8 Å². The summed E-state index contributed by atoms with van der Waals surface area (Å²) in [6.45, 7) is 22.6. The summed E-state index contributed by atoms with van der Waals surface area (Å²) in [5, 5.41) is 9.19. The van der Waals surface area contributed by atoms with E-state index in [1.807, 2.05) is 0 Å². The Hall–Kier alpha value is -3.91. The summed E-state index contributed by atoms with van der Waals surface area (Å²) in [5.41, 5.74) is -2.86. The minimum atomic E-state index is -0.985. The van der Waals surface area contributed by atoms with Gasteiger partial charge in [0.05, 0.1) is 12.5 Å². The minimum Gasteiger partial charge on any atom is -0.481 e. The number of ketones is 1. The first-order valence-electron chi connectivity index (χ1n) is 17.4. The lowest BCUT2D eigenvalue weighted by molar-refractivity contribution is -0.165. The number of carboxylic acids is 1. The van der Waals surface area contributed by atoms with Crippen LogP contribution in [0.2, 0.25) is 0 Å². The van der Waals surface area contributed by atoms with Gasteiger partial charge in [0.2, 0.25) is 0 Å². The molecule has 0 aromatic carbocycles. The van der Waals surface area contributed by atoms with Crippen molar-refractivity contribution >= 4 is 41.8 Å². The zero-order chi connectivity index (χ0) is 39.7. The van der Waals surface area contributed by atoms with Crippen LogP contribution in [0.5, 0.6) is 0 Å². The molecule has 0 aliphatic carbocycles. The molecular weight excluding hydrogens is 668 g/mol. The number of piperidine rings is 2. The monoisotopic (exact) mass is 728 g/mol. The Morgan fingerprint density at radius 2 is 0.922 bits per heavy atom. The van der Waals surface area contributed by atoms with Gasteiger partial charge in [-0.2, -0.15) is 0 Å². The predicted octanol–water partition coefficient (Wildman–Crippen LogP) is 5.29. The number of aliphatic carboxylic acids is 1. The molecule has 0 bridgehead atoms. The predicted molar refractivity (Wildman–Crippen MR) is 184 cm³/mol. The molecule has 15 heteroatoms. The van der Waals surface area contributed by atoms with Crippen molar-refractivity contribution in [1.82, 2.24) is 9.80 Å². The number of amides is 2. The van der Waals surface area contributed by atoms with E-state index >= 15 is 0 Å². The van der Waals surface area contributed by atoms with Gasteiger partial charge in [0.25, 0.3) is 0 Å². The van der Waals surface area contributed by atoms with E-state index < -0.39 is 82.4 Å². The SMILES string of the molecule is CC(C)(C)OC(=O)C1CC[C@H](C(=O)O)CN1C(=O)OC(C)(C)C.CCOC(=O)CC(=O)[C@H]1CCC(C(=O)OC(C)(C)C)N(C(=O)OC(C)(C)C)C1. The molecule has 2 rings (SSSR count). The number of ether oxygens (including phenoxy) is 5. The number of likely N-dealkylation sites (tertiary alicyclic amines) is 2. The molecule has 2 aliphatic rings. The molecular formula is C36H60N2O13. The highest BCUT2D eigenvalue weighted by Crippen LogP contribution is 2.29. The zero-order valence-corrected chi connectivity index (χ0v) is 32.7. The van der Waals surface area contributed by atoms with Gasteiger partial charge in [-0.15, -0.1) is 0 Å². The van der Waals surface area contributed by atoms with Crippen LogP contribution in [0, 0.1) is 11.8 Å². The number of hydrogen-bond acceptors (Lipinski definition) is 12. The van der Waals surface area contributed by atoms with Gasteiger partial charge in [-0.3, -0.25) is 24.2 Å². The van der Waals surface area contributed by atoms with Gasteiger partial charge in [-0.05, 0) is 116 Å². The molecule has 2 heterocycles. The van der Waals surface area contributed by atoms with E-state index in [4.69, 9.17) is 23.7 Å². The molecule has 2 aliphatic heterocycles. The Morgan fingerprint density at radius 1 is 0.569 bits per heavy atom. The quantitative estimate of drug-likeness (QED) is 0.202. The molecule has 0 aromatic heterocycles. The van der Waals surface area contributed by atoms with E-state index in [9.17, 15) is 38.7 Å². The Kier molecular flexibility index (Phi) is 15.9. The fourth-order valence-electron chi connectivity index (χ4n) is 5.18. The summed E-state index contributed by atoms with van der Waals surface area (Å²) >= 11 is 0. The van der Waals surface area contributed by atoms with Crippen LogP contribution in [0.15, 0.2) is 0 Å². The topological polar surface area (TPSA) is 192 Å². The van der Waals surface area contributed by atoms with E-state index in [2.05, 4.69) is 0 Å². The maximum atomic E-state index is 12.7. The number of Topliss-reactive ketones (excluding diaryl/α,β-unsaturated/α-hetero) is 1. The molecule has 0 radical (unpaired) electrons.